The van der Waals surface area contributed by atoms with Crippen molar-refractivity contribution in [2.75, 3.05) is 0 Å². The van der Waals surface area contributed by atoms with E-state index in [1.54, 1.807) is 12.1 Å². The number of hydrogen-bond donors (Lipinski definition) is 2. The molecule has 4 aromatic rings. The van der Waals surface area contributed by atoms with E-state index in [4.69, 9.17) is 5.26 Å². The number of nitrogens with one attached hydrogen (secondary N) is 2. The first-order valence-electron chi connectivity index (χ1n) is 8.70. The standard InChI is InChI=1S/C20H15N7O2/c21-9-15-11-24-26(13-15)17-12-25-27(20(17)29)18-16(7-4-8-22-18)19(28)23-10-14-5-2-1-3-6-14/h1-8,11-13,25H,10H2,(H,23,28). The zero-order valence-corrected chi connectivity index (χ0v) is 15.1. The molecule has 0 bridgehead atoms. The van der Waals surface area contributed by atoms with Gasteiger partial charge in [0.1, 0.15) is 11.8 Å². The molecule has 0 aliphatic carbocycles. The SMILES string of the molecule is N#Cc1cnn(-c2c[nH]n(-c3ncccc3C(=O)NCc3ccccc3)c2=O)c1. The number of carbonyl (C=O) groups excluding carboxylic acids is 1. The molecule has 29 heavy (non-hydrogen) atoms. The Bertz CT molecular complexity index is 1260. The van der Waals surface area contributed by atoms with E-state index in [1.165, 1.54) is 34.2 Å². The lowest BCUT2D eigenvalue weighted by molar-refractivity contribution is 0.0950. The van der Waals surface area contributed by atoms with Crippen LogP contribution in [0.3, 0.4) is 0 Å². The summed E-state index contributed by atoms with van der Waals surface area (Å²) in [5, 5.41) is 18.6. The summed E-state index contributed by atoms with van der Waals surface area (Å²) in [7, 11) is 0. The Morgan fingerprint density at radius 3 is 2.79 bits per heavy atom. The highest BCUT2D eigenvalue weighted by atomic mass is 16.2. The van der Waals surface area contributed by atoms with Gasteiger partial charge in [0.15, 0.2) is 5.82 Å². The van der Waals surface area contributed by atoms with Crippen LogP contribution in [-0.4, -0.2) is 30.5 Å². The average molecular weight is 385 g/mol. The van der Waals surface area contributed by atoms with Crippen molar-refractivity contribution in [1.82, 2.24) is 29.9 Å². The Balaban J connectivity index is 1.64. The van der Waals surface area contributed by atoms with Crippen molar-refractivity contribution in [2.45, 2.75) is 6.54 Å². The number of H-pyrrole nitrogens is 1. The first-order valence-corrected chi connectivity index (χ1v) is 8.70. The Morgan fingerprint density at radius 2 is 2.03 bits per heavy atom. The van der Waals surface area contributed by atoms with Gasteiger partial charge in [-0.1, -0.05) is 30.3 Å². The highest BCUT2D eigenvalue weighted by Gasteiger charge is 2.18. The van der Waals surface area contributed by atoms with Crippen LogP contribution < -0.4 is 10.9 Å². The Morgan fingerprint density at radius 1 is 1.21 bits per heavy atom. The third kappa shape index (κ3) is 3.54. The monoisotopic (exact) mass is 385 g/mol. The molecule has 1 aromatic carbocycles. The molecule has 0 atom stereocenters. The van der Waals surface area contributed by atoms with E-state index < -0.39 is 5.56 Å². The predicted molar refractivity (Wildman–Crippen MR) is 104 cm³/mol. The van der Waals surface area contributed by atoms with Gasteiger partial charge in [-0.2, -0.15) is 15.0 Å². The maximum Gasteiger partial charge on any atom is 0.298 e. The Hall–Kier alpha value is -4.45. The van der Waals surface area contributed by atoms with Crippen molar-refractivity contribution in [3.8, 4) is 17.6 Å². The van der Waals surface area contributed by atoms with E-state index in [1.807, 2.05) is 36.4 Å². The van der Waals surface area contributed by atoms with Crippen molar-refractivity contribution >= 4 is 5.91 Å². The highest BCUT2D eigenvalue weighted by Crippen LogP contribution is 2.11. The van der Waals surface area contributed by atoms with Gasteiger partial charge in [-0.25, -0.2) is 9.67 Å². The average Bonchev–Trinajstić information content (AvgIpc) is 3.39. The van der Waals surface area contributed by atoms with Crippen LogP contribution in [0.4, 0.5) is 0 Å². The molecule has 0 aliphatic heterocycles. The van der Waals surface area contributed by atoms with Crippen molar-refractivity contribution in [3.05, 3.63) is 94.3 Å². The second kappa shape index (κ2) is 7.66. The van der Waals surface area contributed by atoms with E-state index >= 15 is 0 Å². The Kier molecular flexibility index (Phi) is 4.74. The molecule has 9 heteroatoms. The molecule has 0 saturated heterocycles. The number of rotatable bonds is 5. The van der Waals surface area contributed by atoms with Gasteiger partial charge in [0, 0.05) is 18.9 Å². The first kappa shape index (κ1) is 17.9. The van der Waals surface area contributed by atoms with Gasteiger partial charge in [-0.3, -0.25) is 14.7 Å². The zero-order chi connectivity index (χ0) is 20.2. The van der Waals surface area contributed by atoms with E-state index in [0.717, 1.165) is 5.56 Å². The van der Waals surface area contributed by atoms with Gasteiger partial charge in [-0.05, 0) is 17.7 Å². The molecule has 0 unspecified atom stereocenters. The highest BCUT2D eigenvalue weighted by molar-refractivity contribution is 5.97. The fourth-order valence-corrected chi connectivity index (χ4v) is 2.82. The van der Waals surface area contributed by atoms with Crippen LogP contribution in [0.25, 0.3) is 11.5 Å². The van der Waals surface area contributed by atoms with Crippen LogP contribution in [0, 0.1) is 11.3 Å². The lowest BCUT2D eigenvalue weighted by Crippen LogP contribution is -2.27. The number of carbonyl (C=O) groups is 1. The lowest BCUT2D eigenvalue weighted by atomic mass is 10.2. The lowest BCUT2D eigenvalue weighted by Gasteiger charge is -2.09. The van der Waals surface area contributed by atoms with Gasteiger partial charge >= 0.3 is 0 Å². The molecule has 0 spiro atoms. The third-order valence-corrected chi connectivity index (χ3v) is 4.25. The fraction of sp³-hybridized carbons (Fsp3) is 0.0500. The summed E-state index contributed by atoms with van der Waals surface area (Å²) >= 11 is 0. The number of benzene rings is 1. The second-order valence-corrected chi connectivity index (χ2v) is 6.13. The molecule has 0 fully saturated rings. The Labute approximate surface area is 164 Å². The molecular weight excluding hydrogens is 370 g/mol. The fourth-order valence-electron chi connectivity index (χ4n) is 2.82. The molecule has 0 aliphatic rings. The van der Waals surface area contributed by atoms with Crippen LogP contribution >= 0.6 is 0 Å². The minimum absolute atomic E-state index is 0.168. The molecule has 0 radical (unpaired) electrons. The van der Waals surface area contributed by atoms with E-state index in [0.29, 0.717) is 12.1 Å². The van der Waals surface area contributed by atoms with Gasteiger partial charge in [0.2, 0.25) is 0 Å². The number of aromatic amines is 1. The predicted octanol–water partition coefficient (Wildman–Crippen LogP) is 1.55. The summed E-state index contributed by atoms with van der Waals surface area (Å²) in [6.07, 6.45) is 5.75. The van der Waals surface area contributed by atoms with Crippen LogP contribution in [0.2, 0.25) is 0 Å². The molecule has 1 amide bonds. The minimum Gasteiger partial charge on any atom is -0.348 e. The molecule has 3 aromatic heterocycles. The van der Waals surface area contributed by atoms with Crippen LogP contribution in [0.5, 0.6) is 0 Å². The number of amides is 1. The van der Waals surface area contributed by atoms with Crippen molar-refractivity contribution in [1.29, 1.82) is 5.26 Å². The number of hydrogen-bond acceptors (Lipinski definition) is 5. The van der Waals surface area contributed by atoms with E-state index in [9.17, 15) is 9.59 Å². The van der Waals surface area contributed by atoms with Gasteiger partial charge < -0.3 is 5.32 Å². The zero-order valence-electron chi connectivity index (χ0n) is 15.1. The van der Waals surface area contributed by atoms with E-state index in [-0.39, 0.29) is 23.0 Å². The topological polar surface area (TPSA) is 121 Å². The summed E-state index contributed by atoms with van der Waals surface area (Å²) < 4.78 is 2.46. The van der Waals surface area contributed by atoms with Gasteiger partial charge in [0.25, 0.3) is 11.5 Å². The van der Waals surface area contributed by atoms with Gasteiger partial charge in [0.05, 0.1) is 23.5 Å². The number of aromatic nitrogens is 5. The molecule has 0 saturated carbocycles. The smallest absolute Gasteiger partial charge is 0.298 e. The van der Waals surface area contributed by atoms with Crippen LogP contribution in [-0.2, 0) is 6.54 Å². The number of pyridine rings is 1. The summed E-state index contributed by atoms with van der Waals surface area (Å²) in [5.41, 5.74) is 1.28. The van der Waals surface area contributed by atoms with Crippen LogP contribution in [0.15, 0.2) is 72.0 Å². The maximum absolute atomic E-state index is 12.8. The summed E-state index contributed by atoms with van der Waals surface area (Å²) in [6, 6.07) is 14.7. The van der Waals surface area contributed by atoms with E-state index in [2.05, 4.69) is 20.5 Å². The number of nitriles is 1. The molecule has 3 heterocycles. The summed E-state index contributed by atoms with van der Waals surface area (Å²) in [4.78, 5) is 29.7. The molecule has 142 valence electrons. The first-order chi connectivity index (χ1) is 14.2. The summed E-state index contributed by atoms with van der Waals surface area (Å²) in [5.74, 6) is -0.187. The maximum atomic E-state index is 12.8. The van der Waals surface area contributed by atoms with Crippen LogP contribution in [0.1, 0.15) is 21.5 Å². The summed E-state index contributed by atoms with van der Waals surface area (Å²) in [6.45, 7) is 0.350. The normalized spacial score (nSPS) is 10.4. The minimum atomic E-state index is -0.451. The molecule has 2 N–H and O–H groups in total. The van der Waals surface area contributed by atoms with Crippen molar-refractivity contribution in [3.63, 3.8) is 0 Å². The molecular formula is C20H15N7O2. The molecule has 9 nitrogen and oxygen atoms in total. The molecule has 4 rings (SSSR count). The quantitative estimate of drug-likeness (QED) is 0.540. The number of nitrogens with zero attached hydrogens (tertiary/aromatic N) is 5. The largest absolute Gasteiger partial charge is 0.348 e. The second-order valence-electron chi connectivity index (χ2n) is 6.13. The van der Waals surface area contributed by atoms with Crippen molar-refractivity contribution < 1.29 is 4.79 Å². The van der Waals surface area contributed by atoms with Crippen molar-refractivity contribution in [2.24, 2.45) is 0 Å². The third-order valence-electron chi connectivity index (χ3n) is 4.25. The van der Waals surface area contributed by atoms with Gasteiger partial charge in [-0.15, -0.1) is 0 Å².